The first kappa shape index (κ1) is 19.5. The molecule has 1 atom stereocenters. The lowest BCUT2D eigenvalue weighted by Gasteiger charge is -2.17. The van der Waals surface area contributed by atoms with Gasteiger partial charge in [-0.25, -0.2) is 23.2 Å². The molecule has 0 aliphatic carbocycles. The Labute approximate surface area is 161 Å². The molecule has 0 saturated carbocycles. The maximum absolute atomic E-state index is 12.8. The van der Waals surface area contributed by atoms with E-state index in [1.54, 1.807) is 0 Å². The van der Waals surface area contributed by atoms with Gasteiger partial charge < -0.3 is 9.47 Å². The predicted molar refractivity (Wildman–Crippen MR) is 97.0 cm³/mol. The minimum atomic E-state index is -3.72. The monoisotopic (exact) mass is 403 g/mol. The number of nitrogens with one attached hydrogen (secondary N) is 1. The Morgan fingerprint density at radius 3 is 2.68 bits per heavy atom. The van der Waals surface area contributed by atoms with Crippen molar-refractivity contribution < 1.29 is 22.7 Å². The molecule has 1 aromatic carbocycles. The minimum Gasteiger partial charge on any atom is -0.471 e. The normalized spacial score (nSPS) is 16.9. The molecular weight excluding hydrogens is 386 g/mol. The van der Waals surface area contributed by atoms with Crippen LogP contribution in [0.1, 0.15) is 12.1 Å². The average molecular weight is 403 g/mol. The van der Waals surface area contributed by atoms with Gasteiger partial charge in [-0.3, -0.25) is 5.32 Å². The molecule has 1 aliphatic rings. The lowest BCUT2D eigenvalue weighted by Crippen LogP contribution is -2.31. The Morgan fingerprint density at radius 2 is 2.00 bits per heavy atom. The van der Waals surface area contributed by atoms with E-state index in [2.05, 4.69) is 20.0 Å². The van der Waals surface area contributed by atoms with Crippen molar-refractivity contribution >= 4 is 21.8 Å². The van der Waals surface area contributed by atoms with Gasteiger partial charge in [0.15, 0.2) is 0 Å². The molecule has 1 amide bonds. The molecule has 2 heterocycles. The molecule has 1 aromatic heterocycles. The van der Waals surface area contributed by atoms with Gasteiger partial charge >= 0.3 is 6.09 Å². The molecule has 1 unspecified atom stereocenters. The van der Waals surface area contributed by atoms with Crippen molar-refractivity contribution in [2.24, 2.45) is 0 Å². The van der Waals surface area contributed by atoms with Gasteiger partial charge in [0.2, 0.25) is 15.7 Å². The van der Waals surface area contributed by atoms with Crippen LogP contribution in [0.15, 0.2) is 41.6 Å². The number of anilines is 1. The van der Waals surface area contributed by atoms with Crippen molar-refractivity contribution in [2.45, 2.75) is 17.4 Å². The highest BCUT2D eigenvalue weighted by molar-refractivity contribution is 7.89. The predicted octanol–water partition coefficient (Wildman–Crippen LogP) is 1.37. The second-order valence-corrected chi connectivity index (χ2v) is 7.79. The molecular formula is C17H17N5O5S. The number of hydrogen-bond acceptors (Lipinski definition) is 8. The van der Waals surface area contributed by atoms with Crippen molar-refractivity contribution in [3.05, 3.63) is 42.4 Å². The zero-order valence-electron chi connectivity index (χ0n) is 14.9. The van der Waals surface area contributed by atoms with Gasteiger partial charge in [0.25, 0.3) is 5.88 Å². The van der Waals surface area contributed by atoms with Crippen LogP contribution in [0.25, 0.3) is 0 Å². The third-order valence-corrected chi connectivity index (χ3v) is 5.96. The molecule has 2 aromatic rings. The lowest BCUT2D eigenvalue weighted by atomic mass is 10.3. The Bertz CT molecular complexity index is 1000. The summed E-state index contributed by atoms with van der Waals surface area (Å²) in [7, 11) is -2.49. The number of nitriles is 1. The maximum Gasteiger partial charge on any atom is 0.411 e. The van der Waals surface area contributed by atoms with Crippen molar-refractivity contribution in [1.82, 2.24) is 14.3 Å². The fraction of sp³-hybridized carbons (Fsp3) is 0.294. The maximum atomic E-state index is 12.8. The molecule has 1 saturated heterocycles. The molecule has 11 heteroatoms. The quantitative estimate of drug-likeness (QED) is 0.791. The number of benzene rings is 1. The summed E-state index contributed by atoms with van der Waals surface area (Å²) in [5, 5.41) is 11.5. The summed E-state index contributed by atoms with van der Waals surface area (Å²) < 4.78 is 37.1. The Morgan fingerprint density at radius 1 is 1.29 bits per heavy atom. The van der Waals surface area contributed by atoms with Gasteiger partial charge in [0.05, 0.1) is 18.6 Å². The van der Waals surface area contributed by atoms with Gasteiger partial charge in [-0.2, -0.15) is 9.57 Å². The first-order valence-electron chi connectivity index (χ1n) is 8.27. The number of carbonyl (C=O) groups is 1. The molecule has 0 spiro atoms. The van der Waals surface area contributed by atoms with Gasteiger partial charge in [-0.15, -0.1) is 0 Å². The zero-order chi connectivity index (χ0) is 20.1. The topological polar surface area (TPSA) is 135 Å². The largest absolute Gasteiger partial charge is 0.471 e. The van der Waals surface area contributed by atoms with Gasteiger partial charge in [0, 0.05) is 24.6 Å². The Kier molecular flexibility index (Phi) is 5.72. The Hall–Kier alpha value is -3.23. The van der Waals surface area contributed by atoms with Crippen molar-refractivity contribution in [2.75, 3.05) is 25.5 Å². The number of carbonyl (C=O) groups excluding carboxylic acids is 1. The molecule has 10 nitrogen and oxygen atoms in total. The number of sulfonamides is 1. The van der Waals surface area contributed by atoms with Crippen molar-refractivity contribution in [3.8, 4) is 11.9 Å². The number of rotatable bonds is 5. The summed E-state index contributed by atoms with van der Waals surface area (Å²) in [5.41, 5.74) is 0.470. The summed E-state index contributed by atoms with van der Waals surface area (Å²) in [6, 6.07) is 7.66. The van der Waals surface area contributed by atoms with Gasteiger partial charge in [0.1, 0.15) is 12.2 Å². The van der Waals surface area contributed by atoms with E-state index in [9.17, 15) is 13.2 Å². The van der Waals surface area contributed by atoms with Crippen LogP contribution in [-0.2, 0) is 14.8 Å². The summed E-state index contributed by atoms with van der Waals surface area (Å²) in [6.45, 7) is 0.406. The zero-order valence-corrected chi connectivity index (χ0v) is 15.7. The second-order valence-electron chi connectivity index (χ2n) is 5.85. The number of aromatic nitrogens is 2. The van der Waals surface area contributed by atoms with E-state index >= 15 is 0 Å². The van der Waals surface area contributed by atoms with Crippen LogP contribution in [0.3, 0.4) is 0 Å². The molecule has 1 aliphatic heterocycles. The molecule has 0 radical (unpaired) electrons. The van der Waals surface area contributed by atoms with E-state index in [1.165, 1.54) is 48.1 Å². The summed E-state index contributed by atoms with van der Waals surface area (Å²) in [5.74, 6) is 0.0903. The fourth-order valence-corrected chi connectivity index (χ4v) is 4.17. The standard InChI is InChI=1S/C17H17N5O5S/c1-26-17(23)21-12-2-4-14(5-3-12)28(24,25)22-9-6-13(11-22)27-16-15(10-18)19-7-8-20-16/h2-5,7-8,13H,6,9,11H2,1H3,(H,21,23). The Balaban J connectivity index is 1.68. The molecule has 1 N–H and O–H groups in total. The minimum absolute atomic E-state index is 0.0532. The van der Waals surface area contributed by atoms with Crippen molar-refractivity contribution in [3.63, 3.8) is 0 Å². The first-order valence-corrected chi connectivity index (χ1v) is 9.71. The summed E-state index contributed by atoms with van der Waals surface area (Å²) in [6.07, 6.45) is 2.18. The van der Waals surface area contributed by atoms with E-state index in [0.717, 1.165) is 0 Å². The smallest absolute Gasteiger partial charge is 0.411 e. The van der Waals surface area contributed by atoms with Gasteiger partial charge in [-0.1, -0.05) is 0 Å². The number of ether oxygens (including phenoxy) is 2. The third kappa shape index (κ3) is 4.19. The van der Waals surface area contributed by atoms with Crippen LogP contribution >= 0.6 is 0 Å². The van der Waals surface area contributed by atoms with Crippen LogP contribution < -0.4 is 10.1 Å². The van der Waals surface area contributed by atoms with Crippen LogP contribution in [0, 0.1) is 11.3 Å². The molecule has 0 bridgehead atoms. The van der Waals surface area contributed by atoms with E-state index in [4.69, 9.17) is 10.00 Å². The molecule has 146 valence electrons. The SMILES string of the molecule is COC(=O)Nc1ccc(S(=O)(=O)N2CCC(Oc3nccnc3C#N)C2)cc1. The third-order valence-electron chi connectivity index (χ3n) is 4.08. The number of hydrogen-bond donors (Lipinski definition) is 1. The van der Waals surface area contributed by atoms with E-state index in [1.807, 2.05) is 6.07 Å². The lowest BCUT2D eigenvalue weighted by molar-refractivity contribution is 0.187. The molecule has 1 fully saturated rings. The van der Waals surface area contributed by atoms with E-state index in [0.29, 0.717) is 12.1 Å². The van der Waals surface area contributed by atoms with Crippen molar-refractivity contribution in [1.29, 1.82) is 5.26 Å². The number of amides is 1. The fourth-order valence-electron chi connectivity index (χ4n) is 2.69. The molecule has 3 rings (SSSR count). The van der Waals surface area contributed by atoms with Gasteiger partial charge in [-0.05, 0) is 30.7 Å². The summed E-state index contributed by atoms with van der Waals surface area (Å²) >= 11 is 0. The number of nitrogens with zero attached hydrogens (tertiary/aromatic N) is 4. The number of methoxy groups -OCH3 is 1. The first-order chi connectivity index (χ1) is 13.4. The van der Waals surface area contributed by atoms with Crippen LogP contribution in [0.2, 0.25) is 0 Å². The summed E-state index contributed by atoms with van der Waals surface area (Å²) in [4.78, 5) is 19.1. The molecule has 28 heavy (non-hydrogen) atoms. The van der Waals surface area contributed by atoms with Crippen LogP contribution in [-0.4, -0.2) is 55.1 Å². The highest BCUT2D eigenvalue weighted by Crippen LogP contribution is 2.25. The van der Waals surface area contributed by atoms with Crippen LogP contribution in [0.5, 0.6) is 5.88 Å². The van der Waals surface area contributed by atoms with E-state index in [-0.39, 0.29) is 29.6 Å². The highest BCUT2D eigenvalue weighted by Gasteiger charge is 2.34. The highest BCUT2D eigenvalue weighted by atomic mass is 32.2. The average Bonchev–Trinajstić information content (AvgIpc) is 3.18. The van der Waals surface area contributed by atoms with Crippen LogP contribution in [0.4, 0.5) is 10.5 Å². The van der Waals surface area contributed by atoms with E-state index < -0.39 is 22.2 Å². The second kappa shape index (κ2) is 8.20.